The molecule has 0 aliphatic carbocycles. The number of rotatable bonds is 2. The van der Waals surface area contributed by atoms with Gasteiger partial charge in [0.1, 0.15) is 0 Å². The van der Waals surface area contributed by atoms with E-state index in [4.69, 9.17) is 27.9 Å². The molecule has 1 aromatic rings. The highest BCUT2D eigenvalue weighted by Crippen LogP contribution is 2.37. The van der Waals surface area contributed by atoms with Crippen molar-refractivity contribution in [2.24, 2.45) is 0 Å². The minimum absolute atomic E-state index is 0.0932. The van der Waals surface area contributed by atoms with E-state index in [0.29, 0.717) is 13.0 Å². The average molecular weight is 231 g/mol. The molecule has 14 heavy (non-hydrogen) atoms. The Bertz CT molecular complexity index is 301. The fraction of sp³-hybridized carbons (Fsp3) is 0.455. The largest absolute Gasteiger partial charge is 0.358 e. The van der Waals surface area contributed by atoms with Gasteiger partial charge in [-0.1, -0.05) is 41.9 Å². The Balaban J connectivity index is 2.10. The van der Waals surface area contributed by atoms with Gasteiger partial charge in [0.25, 0.3) is 0 Å². The number of ether oxygens (including phenoxy) is 1. The lowest BCUT2D eigenvalue weighted by molar-refractivity contribution is 0.0769. The topological polar surface area (TPSA) is 9.23 Å². The maximum absolute atomic E-state index is 6.30. The van der Waals surface area contributed by atoms with Crippen molar-refractivity contribution in [3.05, 3.63) is 35.9 Å². The molecule has 0 amide bonds. The summed E-state index contributed by atoms with van der Waals surface area (Å²) in [5, 5.41) is -0.799. The van der Waals surface area contributed by atoms with E-state index in [-0.39, 0.29) is 5.38 Å². The van der Waals surface area contributed by atoms with Gasteiger partial charge in [-0.25, -0.2) is 0 Å². The molecule has 1 heterocycles. The molecule has 2 atom stereocenters. The summed E-state index contributed by atoms with van der Waals surface area (Å²) in [6, 6.07) is 10.0. The summed E-state index contributed by atoms with van der Waals surface area (Å²) in [4.78, 5) is 0. The van der Waals surface area contributed by atoms with Crippen LogP contribution in [-0.2, 0) is 11.2 Å². The third kappa shape index (κ3) is 2.05. The summed E-state index contributed by atoms with van der Waals surface area (Å²) >= 11 is 12.4. The van der Waals surface area contributed by atoms with Gasteiger partial charge in [-0.05, 0) is 12.0 Å². The number of hydrogen-bond acceptors (Lipinski definition) is 1. The highest BCUT2D eigenvalue weighted by Gasteiger charge is 2.41. The summed E-state index contributed by atoms with van der Waals surface area (Å²) < 4.78 is 5.49. The molecule has 1 nitrogen and oxygen atoms in total. The molecule has 3 heteroatoms. The van der Waals surface area contributed by atoms with Crippen LogP contribution in [0.2, 0.25) is 0 Å². The number of hydrogen-bond donors (Lipinski definition) is 0. The van der Waals surface area contributed by atoms with Gasteiger partial charge in [0.15, 0.2) is 5.06 Å². The van der Waals surface area contributed by atoms with Crippen LogP contribution in [0.5, 0.6) is 0 Å². The van der Waals surface area contributed by atoms with Crippen molar-refractivity contribution in [3.8, 4) is 0 Å². The second kappa shape index (κ2) is 4.09. The molecule has 1 fully saturated rings. The quantitative estimate of drug-likeness (QED) is 0.710. The maximum Gasteiger partial charge on any atom is 0.162 e. The zero-order valence-corrected chi connectivity index (χ0v) is 9.26. The van der Waals surface area contributed by atoms with Gasteiger partial charge < -0.3 is 4.74 Å². The Morgan fingerprint density at radius 1 is 1.36 bits per heavy atom. The molecule has 1 aromatic carbocycles. The predicted octanol–water partition coefficient (Wildman–Crippen LogP) is 3.19. The number of halogens is 2. The van der Waals surface area contributed by atoms with Crippen LogP contribution in [0.25, 0.3) is 0 Å². The fourth-order valence-corrected chi connectivity index (χ4v) is 2.24. The molecule has 0 N–H and O–H groups in total. The Hall–Kier alpha value is -0.240. The van der Waals surface area contributed by atoms with Gasteiger partial charge in [0, 0.05) is 6.42 Å². The van der Waals surface area contributed by atoms with Gasteiger partial charge in [-0.2, -0.15) is 0 Å². The van der Waals surface area contributed by atoms with Crippen molar-refractivity contribution < 1.29 is 4.74 Å². The molecule has 0 aromatic heterocycles. The molecule has 2 unspecified atom stereocenters. The Kier molecular flexibility index (Phi) is 3.01. The van der Waals surface area contributed by atoms with Crippen molar-refractivity contribution >= 4 is 23.2 Å². The summed E-state index contributed by atoms with van der Waals surface area (Å²) in [6.45, 7) is 0.657. The lowest BCUT2D eigenvalue weighted by Gasteiger charge is -2.23. The Morgan fingerprint density at radius 2 is 2.07 bits per heavy atom. The Morgan fingerprint density at radius 3 is 2.64 bits per heavy atom. The molecule has 1 aliphatic rings. The zero-order chi connectivity index (χ0) is 10.0. The smallest absolute Gasteiger partial charge is 0.162 e. The van der Waals surface area contributed by atoms with Gasteiger partial charge >= 0.3 is 0 Å². The van der Waals surface area contributed by atoms with Gasteiger partial charge in [0.05, 0.1) is 12.0 Å². The van der Waals surface area contributed by atoms with Gasteiger partial charge in [0.2, 0.25) is 0 Å². The molecule has 0 bridgehead atoms. The van der Waals surface area contributed by atoms with E-state index in [1.807, 2.05) is 30.3 Å². The van der Waals surface area contributed by atoms with E-state index in [2.05, 4.69) is 0 Å². The lowest BCUT2D eigenvalue weighted by atomic mass is 10.1. The van der Waals surface area contributed by atoms with E-state index >= 15 is 0 Å². The van der Waals surface area contributed by atoms with Crippen LogP contribution in [0.3, 0.4) is 0 Å². The molecule has 0 radical (unpaired) electrons. The van der Waals surface area contributed by atoms with Gasteiger partial charge in [-0.3, -0.25) is 0 Å². The third-order valence-electron chi connectivity index (χ3n) is 2.47. The summed E-state index contributed by atoms with van der Waals surface area (Å²) in [5.74, 6) is 0. The molecule has 76 valence electrons. The van der Waals surface area contributed by atoms with Crippen molar-refractivity contribution in [3.63, 3.8) is 0 Å². The van der Waals surface area contributed by atoms with E-state index in [1.165, 1.54) is 0 Å². The molecule has 0 saturated carbocycles. The van der Waals surface area contributed by atoms with E-state index < -0.39 is 5.06 Å². The normalized spacial score (nSPS) is 32.0. The SMILES string of the molecule is ClC1CCOC1(Cl)Cc1ccccc1. The Labute approximate surface area is 94.0 Å². The van der Waals surface area contributed by atoms with Crippen LogP contribution in [0.1, 0.15) is 12.0 Å². The molecule has 0 spiro atoms. The highest BCUT2D eigenvalue weighted by molar-refractivity contribution is 6.32. The highest BCUT2D eigenvalue weighted by atomic mass is 35.5. The first kappa shape index (κ1) is 10.3. The van der Waals surface area contributed by atoms with Crippen LogP contribution in [0.15, 0.2) is 30.3 Å². The molecule has 2 rings (SSSR count). The lowest BCUT2D eigenvalue weighted by Crippen LogP contribution is -2.31. The van der Waals surface area contributed by atoms with Crippen molar-refractivity contribution in [1.82, 2.24) is 0 Å². The second-order valence-corrected chi connectivity index (χ2v) is 4.72. The van der Waals surface area contributed by atoms with Crippen LogP contribution in [0, 0.1) is 0 Å². The van der Waals surface area contributed by atoms with Crippen molar-refractivity contribution in [1.29, 1.82) is 0 Å². The van der Waals surface area contributed by atoms with E-state index in [1.54, 1.807) is 0 Å². The summed E-state index contributed by atoms with van der Waals surface area (Å²) in [7, 11) is 0. The first-order valence-corrected chi connectivity index (χ1v) is 5.53. The number of alkyl halides is 2. The summed E-state index contributed by atoms with van der Waals surface area (Å²) in [6.07, 6.45) is 1.50. The summed E-state index contributed by atoms with van der Waals surface area (Å²) in [5.41, 5.74) is 1.16. The molecule has 1 aliphatic heterocycles. The third-order valence-corrected chi connectivity index (χ3v) is 3.66. The monoisotopic (exact) mass is 230 g/mol. The van der Waals surface area contributed by atoms with E-state index in [9.17, 15) is 0 Å². The fourth-order valence-electron chi connectivity index (χ4n) is 1.67. The molecular formula is C11H12Cl2O. The second-order valence-electron chi connectivity index (χ2n) is 3.55. The zero-order valence-electron chi connectivity index (χ0n) is 7.75. The maximum atomic E-state index is 6.30. The first-order chi connectivity index (χ1) is 6.71. The van der Waals surface area contributed by atoms with Crippen LogP contribution >= 0.6 is 23.2 Å². The van der Waals surface area contributed by atoms with Crippen LogP contribution in [0.4, 0.5) is 0 Å². The van der Waals surface area contributed by atoms with Crippen molar-refractivity contribution in [2.45, 2.75) is 23.3 Å². The number of benzene rings is 1. The predicted molar refractivity (Wildman–Crippen MR) is 58.9 cm³/mol. The molecular weight excluding hydrogens is 219 g/mol. The van der Waals surface area contributed by atoms with Crippen LogP contribution in [-0.4, -0.2) is 17.0 Å². The standard InChI is InChI=1S/C11H12Cl2O/c12-10-6-7-14-11(10,13)8-9-4-2-1-3-5-9/h1-5,10H,6-8H2. The van der Waals surface area contributed by atoms with Crippen LogP contribution < -0.4 is 0 Å². The average Bonchev–Trinajstić information content (AvgIpc) is 2.48. The first-order valence-electron chi connectivity index (χ1n) is 4.71. The molecule has 1 saturated heterocycles. The van der Waals surface area contributed by atoms with Gasteiger partial charge in [-0.15, -0.1) is 11.6 Å². The van der Waals surface area contributed by atoms with Crippen molar-refractivity contribution in [2.75, 3.05) is 6.61 Å². The van der Waals surface area contributed by atoms with E-state index in [0.717, 1.165) is 12.0 Å². The minimum atomic E-state index is -0.705. The minimum Gasteiger partial charge on any atom is -0.358 e.